The quantitative estimate of drug-likeness (QED) is 0.819. The van der Waals surface area contributed by atoms with Gasteiger partial charge in [0.25, 0.3) is 5.91 Å². The molecule has 0 atom stereocenters. The zero-order valence-corrected chi connectivity index (χ0v) is 11.2. The first-order valence-corrected chi connectivity index (χ1v) is 5.90. The van der Waals surface area contributed by atoms with E-state index in [4.69, 9.17) is 5.73 Å². The molecule has 2 aromatic rings. The normalized spacial score (nSPS) is 10.3. The van der Waals surface area contributed by atoms with Crippen LogP contribution < -0.4 is 5.73 Å². The second-order valence-corrected chi connectivity index (χ2v) is 4.24. The Morgan fingerprint density at radius 3 is 2.75 bits per heavy atom. The summed E-state index contributed by atoms with van der Waals surface area (Å²) in [6.45, 7) is 2.10. The summed E-state index contributed by atoms with van der Waals surface area (Å²) >= 11 is 0. The van der Waals surface area contributed by atoms with Gasteiger partial charge in [-0.25, -0.2) is 9.48 Å². The number of carbonyl (C=O) groups excluding carboxylic acids is 2. The van der Waals surface area contributed by atoms with E-state index in [0.29, 0.717) is 17.8 Å². The lowest BCUT2D eigenvalue weighted by Crippen LogP contribution is -2.13. The molecule has 0 spiro atoms. The van der Waals surface area contributed by atoms with Gasteiger partial charge >= 0.3 is 5.97 Å². The second kappa shape index (κ2) is 5.52. The molecule has 0 aliphatic carbocycles. The van der Waals surface area contributed by atoms with Gasteiger partial charge in [0.1, 0.15) is 0 Å². The number of nitrogens with zero attached hydrogens (tertiary/aromatic N) is 3. The van der Waals surface area contributed by atoms with Crippen LogP contribution in [0.1, 0.15) is 32.1 Å². The van der Waals surface area contributed by atoms with Gasteiger partial charge in [-0.1, -0.05) is 17.3 Å². The van der Waals surface area contributed by atoms with Crippen molar-refractivity contribution in [3.05, 3.63) is 46.8 Å². The van der Waals surface area contributed by atoms with E-state index in [2.05, 4.69) is 15.0 Å². The van der Waals surface area contributed by atoms with Crippen LogP contribution in [-0.4, -0.2) is 34.0 Å². The Morgan fingerprint density at radius 2 is 2.15 bits per heavy atom. The number of ether oxygens (including phenoxy) is 1. The van der Waals surface area contributed by atoms with Crippen molar-refractivity contribution in [1.29, 1.82) is 0 Å². The van der Waals surface area contributed by atoms with Crippen molar-refractivity contribution in [2.75, 3.05) is 7.11 Å². The first-order chi connectivity index (χ1) is 9.52. The summed E-state index contributed by atoms with van der Waals surface area (Å²) in [5.41, 5.74) is 7.22. The summed E-state index contributed by atoms with van der Waals surface area (Å²) < 4.78 is 6.22. The maximum atomic E-state index is 11.5. The molecule has 2 rings (SSSR count). The Balaban J connectivity index is 2.26. The number of aromatic nitrogens is 3. The summed E-state index contributed by atoms with van der Waals surface area (Å²) in [4.78, 5) is 22.6. The highest BCUT2D eigenvalue weighted by Crippen LogP contribution is 2.10. The first kappa shape index (κ1) is 13.7. The van der Waals surface area contributed by atoms with Crippen LogP contribution >= 0.6 is 0 Å². The van der Waals surface area contributed by atoms with Gasteiger partial charge in [-0.3, -0.25) is 4.79 Å². The minimum Gasteiger partial charge on any atom is -0.465 e. The topological polar surface area (TPSA) is 100 Å². The van der Waals surface area contributed by atoms with Crippen molar-refractivity contribution in [1.82, 2.24) is 15.0 Å². The average molecular weight is 274 g/mol. The van der Waals surface area contributed by atoms with Crippen LogP contribution in [0.15, 0.2) is 24.3 Å². The molecule has 0 bridgehead atoms. The number of primary amides is 1. The van der Waals surface area contributed by atoms with Crippen molar-refractivity contribution in [3.8, 4) is 0 Å². The third-order valence-electron chi connectivity index (χ3n) is 2.90. The van der Waals surface area contributed by atoms with E-state index in [1.807, 2.05) is 6.07 Å². The third kappa shape index (κ3) is 2.66. The molecule has 20 heavy (non-hydrogen) atoms. The molecule has 7 nitrogen and oxygen atoms in total. The summed E-state index contributed by atoms with van der Waals surface area (Å²) in [6, 6.07) is 6.97. The standard InChI is InChI=1S/C13H14N4O3/c1-8-11(12(14)18)15-16-17(8)7-9-4-3-5-10(6-9)13(19)20-2/h3-6H,7H2,1-2H3,(H2,14,18). The fourth-order valence-corrected chi connectivity index (χ4v) is 1.83. The lowest BCUT2D eigenvalue weighted by atomic mass is 10.1. The molecule has 0 saturated heterocycles. The largest absolute Gasteiger partial charge is 0.465 e. The summed E-state index contributed by atoms with van der Waals surface area (Å²) in [5.74, 6) is -1.02. The molecule has 1 aromatic carbocycles. The Morgan fingerprint density at radius 1 is 1.40 bits per heavy atom. The number of amides is 1. The van der Waals surface area contributed by atoms with Gasteiger partial charge in [-0.15, -0.1) is 5.10 Å². The van der Waals surface area contributed by atoms with Crippen molar-refractivity contribution in [2.45, 2.75) is 13.5 Å². The van der Waals surface area contributed by atoms with Crippen molar-refractivity contribution < 1.29 is 14.3 Å². The minimum absolute atomic E-state index is 0.147. The van der Waals surface area contributed by atoms with Gasteiger partial charge in [0.15, 0.2) is 5.69 Å². The third-order valence-corrected chi connectivity index (χ3v) is 2.90. The summed E-state index contributed by atoms with van der Waals surface area (Å²) in [5, 5.41) is 7.61. The fraction of sp³-hybridized carbons (Fsp3) is 0.231. The monoisotopic (exact) mass is 274 g/mol. The van der Waals surface area contributed by atoms with Crippen molar-refractivity contribution in [3.63, 3.8) is 0 Å². The maximum absolute atomic E-state index is 11.5. The number of carbonyl (C=O) groups is 2. The van der Waals surface area contributed by atoms with Gasteiger partial charge in [0.05, 0.1) is 24.9 Å². The van der Waals surface area contributed by atoms with E-state index >= 15 is 0 Å². The number of methoxy groups -OCH3 is 1. The Kier molecular flexibility index (Phi) is 3.79. The molecule has 7 heteroatoms. The van der Waals surface area contributed by atoms with Crippen LogP contribution in [0.3, 0.4) is 0 Å². The number of hydrogen-bond acceptors (Lipinski definition) is 5. The zero-order valence-electron chi connectivity index (χ0n) is 11.2. The van der Waals surface area contributed by atoms with Crippen LogP contribution in [0.25, 0.3) is 0 Å². The maximum Gasteiger partial charge on any atom is 0.337 e. The van der Waals surface area contributed by atoms with Crippen LogP contribution in [-0.2, 0) is 11.3 Å². The van der Waals surface area contributed by atoms with Crippen LogP contribution in [0, 0.1) is 6.92 Å². The molecule has 0 aliphatic heterocycles. The summed E-state index contributed by atoms with van der Waals surface area (Å²) in [6.07, 6.45) is 0. The molecule has 1 amide bonds. The predicted octanol–water partition coefficient (Wildman–Crippen LogP) is 0.520. The number of nitrogens with two attached hydrogens (primary N) is 1. The zero-order chi connectivity index (χ0) is 14.7. The molecular formula is C13H14N4O3. The van der Waals surface area contributed by atoms with Gasteiger partial charge < -0.3 is 10.5 Å². The minimum atomic E-state index is -0.614. The molecular weight excluding hydrogens is 260 g/mol. The molecule has 0 aliphatic rings. The average Bonchev–Trinajstić information content (AvgIpc) is 2.80. The van der Waals surface area contributed by atoms with Crippen molar-refractivity contribution in [2.24, 2.45) is 5.73 Å². The van der Waals surface area contributed by atoms with E-state index in [9.17, 15) is 9.59 Å². The predicted molar refractivity (Wildman–Crippen MR) is 70.2 cm³/mol. The smallest absolute Gasteiger partial charge is 0.337 e. The highest BCUT2D eigenvalue weighted by molar-refractivity contribution is 5.91. The molecule has 0 fully saturated rings. The fourth-order valence-electron chi connectivity index (χ4n) is 1.83. The van der Waals surface area contributed by atoms with Gasteiger partial charge in [0.2, 0.25) is 0 Å². The Labute approximate surface area is 115 Å². The van der Waals surface area contributed by atoms with Crippen molar-refractivity contribution >= 4 is 11.9 Å². The van der Waals surface area contributed by atoms with Crippen LogP contribution in [0.2, 0.25) is 0 Å². The van der Waals surface area contributed by atoms with Gasteiger partial charge in [0, 0.05) is 0 Å². The number of hydrogen-bond donors (Lipinski definition) is 1. The molecule has 0 unspecified atom stereocenters. The second-order valence-electron chi connectivity index (χ2n) is 4.24. The number of benzene rings is 1. The Bertz CT molecular complexity index is 663. The lowest BCUT2D eigenvalue weighted by molar-refractivity contribution is 0.0600. The number of esters is 1. The SMILES string of the molecule is COC(=O)c1cccc(Cn2nnc(C(N)=O)c2C)c1. The van der Waals surface area contributed by atoms with E-state index in [-0.39, 0.29) is 5.69 Å². The molecule has 1 heterocycles. The van der Waals surface area contributed by atoms with Gasteiger partial charge in [-0.05, 0) is 24.6 Å². The highest BCUT2D eigenvalue weighted by atomic mass is 16.5. The molecule has 1 aromatic heterocycles. The summed E-state index contributed by atoms with van der Waals surface area (Å²) in [7, 11) is 1.33. The van der Waals surface area contributed by atoms with E-state index in [1.165, 1.54) is 7.11 Å². The first-order valence-electron chi connectivity index (χ1n) is 5.90. The molecule has 2 N–H and O–H groups in total. The highest BCUT2D eigenvalue weighted by Gasteiger charge is 2.14. The molecule has 104 valence electrons. The molecule has 0 saturated carbocycles. The van der Waals surface area contributed by atoms with E-state index < -0.39 is 11.9 Å². The molecule has 0 radical (unpaired) electrons. The van der Waals surface area contributed by atoms with E-state index in [0.717, 1.165) is 5.56 Å². The lowest BCUT2D eigenvalue weighted by Gasteiger charge is -2.05. The van der Waals surface area contributed by atoms with Gasteiger partial charge in [-0.2, -0.15) is 0 Å². The van der Waals surface area contributed by atoms with Crippen LogP contribution in [0.5, 0.6) is 0 Å². The number of rotatable bonds is 4. The van der Waals surface area contributed by atoms with Crippen LogP contribution in [0.4, 0.5) is 0 Å². The van der Waals surface area contributed by atoms with E-state index in [1.54, 1.807) is 29.8 Å². The Hall–Kier alpha value is -2.70.